The Bertz CT molecular complexity index is 1480. The van der Waals surface area contributed by atoms with E-state index in [-0.39, 0.29) is 39.4 Å². The van der Waals surface area contributed by atoms with Gasteiger partial charge in [-0.3, -0.25) is 4.79 Å². The Kier molecular flexibility index (Phi) is 8.25. The Morgan fingerprint density at radius 3 is 2.31 bits per heavy atom. The molecule has 10 heteroatoms. The van der Waals surface area contributed by atoms with Crippen LogP contribution < -0.4 is 13.8 Å². The molecule has 0 aromatic heterocycles. The van der Waals surface area contributed by atoms with Crippen LogP contribution >= 0.6 is 11.6 Å². The van der Waals surface area contributed by atoms with E-state index in [1.807, 2.05) is 32.8 Å². The van der Waals surface area contributed by atoms with Crippen LogP contribution in [-0.2, 0) is 20.2 Å². The highest BCUT2D eigenvalue weighted by molar-refractivity contribution is 7.93. The molecule has 1 amide bonds. The van der Waals surface area contributed by atoms with Crippen molar-refractivity contribution in [3.63, 3.8) is 0 Å². The number of hydrogen-bond donors (Lipinski definition) is 0. The smallest absolute Gasteiger partial charge is 0.270 e. The zero-order valence-corrected chi connectivity index (χ0v) is 24.1. The van der Waals surface area contributed by atoms with Crippen molar-refractivity contribution < 1.29 is 27.1 Å². The van der Waals surface area contributed by atoms with Crippen LogP contribution in [0.15, 0.2) is 65.6 Å². The SMILES string of the molecule is COc1cc2c(cc1Cl)C(CCCN(C)C)(c1ccccc1F)C(=O)N2S(=O)(=O)c1ccc(OC(C)C)cc1. The first-order chi connectivity index (χ1) is 18.4. The highest BCUT2D eigenvalue weighted by Gasteiger charge is 2.56. The van der Waals surface area contributed by atoms with Crippen molar-refractivity contribution in [2.45, 2.75) is 43.1 Å². The molecule has 7 nitrogen and oxygen atoms in total. The third-order valence-electron chi connectivity index (χ3n) is 6.72. The molecule has 39 heavy (non-hydrogen) atoms. The Labute approximate surface area is 234 Å². The van der Waals surface area contributed by atoms with E-state index in [0.717, 1.165) is 4.31 Å². The zero-order valence-electron chi connectivity index (χ0n) is 22.6. The van der Waals surface area contributed by atoms with Crippen LogP contribution in [0.1, 0.15) is 37.8 Å². The van der Waals surface area contributed by atoms with E-state index in [9.17, 15) is 13.2 Å². The molecule has 0 bridgehead atoms. The van der Waals surface area contributed by atoms with Crippen LogP contribution in [0.25, 0.3) is 0 Å². The van der Waals surface area contributed by atoms with Gasteiger partial charge in [-0.15, -0.1) is 0 Å². The molecule has 0 radical (unpaired) electrons. The normalized spacial score (nSPS) is 17.2. The first-order valence-electron chi connectivity index (χ1n) is 12.6. The van der Waals surface area contributed by atoms with Gasteiger partial charge in [0.1, 0.15) is 22.7 Å². The van der Waals surface area contributed by atoms with E-state index < -0.39 is 27.2 Å². The van der Waals surface area contributed by atoms with Crippen molar-refractivity contribution in [1.29, 1.82) is 0 Å². The number of carbonyl (C=O) groups is 1. The lowest BCUT2D eigenvalue weighted by Crippen LogP contribution is -2.44. The van der Waals surface area contributed by atoms with Crippen LogP contribution in [0.4, 0.5) is 10.1 Å². The predicted octanol–water partition coefficient (Wildman–Crippen LogP) is 5.64. The summed E-state index contributed by atoms with van der Waals surface area (Å²) in [6.45, 7) is 4.33. The monoisotopic (exact) mass is 574 g/mol. The number of sulfonamides is 1. The molecule has 0 N–H and O–H groups in total. The van der Waals surface area contributed by atoms with E-state index in [2.05, 4.69) is 0 Å². The zero-order chi connectivity index (χ0) is 28.5. The average Bonchev–Trinajstić information content (AvgIpc) is 3.11. The maximum absolute atomic E-state index is 15.5. The summed E-state index contributed by atoms with van der Waals surface area (Å²) in [5.41, 5.74) is -1.14. The topological polar surface area (TPSA) is 76.2 Å². The van der Waals surface area contributed by atoms with E-state index in [1.165, 1.54) is 61.7 Å². The standard InChI is InChI=1S/C29H32ClFN2O5S/c1-19(2)38-20-11-13-21(14-12-20)39(35,36)33-26-18-27(37-5)24(30)17-23(26)29(28(33)34,15-8-16-32(3)4)22-9-6-7-10-25(22)31/h6-7,9-14,17-19H,8,15-16H2,1-5H3. The molecule has 0 saturated heterocycles. The molecule has 0 fully saturated rings. The summed E-state index contributed by atoms with van der Waals surface area (Å²) in [7, 11) is 0.768. The quantitative estimate of drug-likeness (QED) is 0.312. The Morgan fingerprint density at radius 2 is 1.72 bits per heavy atom. The number of methoxy groups -OCH3 is 1. The third-order valence-corrected chi connectivity index (χ3v) is 8.73. The summed E-state index contributed by atoms with van der Waals surface area (Å²) in [6.07, 6.45) is 0.555. The number of amides is 1. The van der Waals surface area contributed by atoms with Gasteiger partial charge in [0.25, 0.3) is 15.9 Å². The van der Waals surface area contributed by atoms with E-state index in [0.29, 0.717) is 24.3 Å². The fourth-order valence-corrected chi connectivity index (χ4v) is 6.73. The summed E-state index contributed by atoms with van der Waals surface area (Å²) in [5.74, 6) is -0.687. The van der Waals surface area contributed by atoms with Crippen LogP contribution in [0, 0.1) is 5.82 Å². The number of benzene rings is 3. The van der Waals surface area contributed by atoms with Crippen LogP contribution in [0.5, 0.6) is 11.5 Å². The van der Waals surface area contributed by atoms with E-state index >= 15 is 4.39 Å². The Balaban J connectivity index is 1.96. The number of fused-ring (bicyclic) bond motifs is 1. The largest absolute Gasteiger partial charge is 0.495 e. The maximum atomic E-state index is 15.5. The number of anilines is 1. The van der Waals surface area contributed by atoms with Gasteiger partial charge in [-0.25, -0.2) is 17.1 Å². The lowest BCUT2D eigenvalue weighted by atomic mass is 9.72. The summed E-state index contributed by atoms with van der Waals surface area (Å²) in [4.78, 5) is 16.4. The highest BCUT2D eigenvalue weighted by atomic mass is 35.5. The van der Waals surface area contributed by atoms with Crippen molar-refractivity contribution in [2.24, 2.45) is 0 Å². The second-order valence-electron chi connectivity index (χ2n) is 10.0. The molecule has 0 spiro atoms. The third kappa shape index (κ3) is 5.23. The molecule has 1 aliphatic heterocycles. The van der Waals surface area contributed by atoms with Crippen molar-refractivity contribution in [1.82, 2.24) is 4.90 Å². The van der Waals surface area contributed by atoms with Gasteiger partial charge in [-0.1, -0.05) is 29.8 Å². The molecule has 208 valence electrons. The van der Waals surface area contributed by atoms with E-state index in [1.54, 1.807) is 6.07 Å². The van der Waals surface area contributed by atoms with Gasteiger partial charge in [-0.2, -0.15) is 0 Å². The molecular formula is C29H32ClFN2O5S. The maximum Gasteiger partial charge on any atom is 0.270 e. The molecule has 4 rings (SSSR count). The molecule has 1 heterocycles. The minimum Gasteiger partial charge on any atom is -0.495 e. The summed E-state index contributed by atoms with van der Waals surface area (Å²) in [5, 5.41) is 0.187. The minimum atomic E-state index is -4.42. The lowest BCUT2D eigenvalue weighted by Gasteiger charge is -2.30. The number of hydrogen-bond acceptors (Lipinski definition) is 6. The first kappa shape index (κ1) is 28.9. The van der Waals surface area contributed by atoms with Crippen molar-refractivity contribution >= 4 is 33.2 Å². The van der Waals surface area contributed by atoms with E-state index in [4.69, 9.17) is 21.1 Å². The van der Waals surface area contributed by atoms with Crippen molar-refractivity contribution in [2.75, 3.05) is 32.1 Å². The Hall–Kier alpha value is -3.14. The molecule has 1 aliphatic rings. The molecule has 0 aliphatic carbocycles. The van der Waals surface area contributed by atoms with Gasteiger partial charge >= 0.3 is 0 Å². The molecule has 3 aromatic rings. The highest BCUT2D eigenvalue weighted by Crippen LogP contribution is 2.53. The summed E-state index contributed by atoms with van der Waals surface area (Å²) in [6, 6.07) is 14.8. The van der Waals surface area contributed by atoms with Gasteiger partial charge < -0.3 is 14.4 Å². The number of nitrogens with zero attached hydrogens (tertiary/aromatic N) is 2. The number of halogens is 2. The summed E-state index contributed by atoms with van der Waals surface area (Å²) < 4.78 is 55.5. The number of carbonyl (C=O) groups excluding carboxylic acids is 1. The van der Waals surface area contributed by atoms with Gasteiger partial charge in [0.05, 0.1) is 28.8 Å². The molecular weight excluding hydrogens is 543 g/mol. The fourth-order valence-electron chi connectivity index (χ4n) is 5.02. The van der Waals surface area contributed by atoms with Crippen molar-refractivity contribution in [3.8, 4) is 11.5 Å². The first-order valence-corrected chi connectivity index (χ1v) is 14.4. The van der Waals surface area contributed by atoms with Gasteiger partial charge in [-0.05, 0) is 89.3 Å². The second-order valence-corrected chi connectivity index (χ2v) is 12.2. The van der Waals surface area contributed by atoms with Crippen LogP contribution in [-0.4, -0.2) is 53.1 Å². The minimum absolute atomic E-state index is 0.0804. The van der Waals surface area contributed by atoms with Crippen LogP contribution in [0.2, 0.25) is 5.02 Å². The molecule has 0 saturated carbocycles. The summed E-state index contributed by atoms with van der Waals surface area (Å²) >= 11 is 6.51. The second kappa shape index (κ2) is 11.2. The number of ether oxygens (including phenoxy) is 2. The van der Waals surface area contributed by atoms with Gasteiger partial charge in [0.15, 0.2) is 0 Å². The van der Waals surface area contributed by atoms with Gasteiger partial charge in [0.2, 0.25) is 0 Å². The van der Waals surface area contributed by atoms with Crippen molar-refractivity contribution in [3.05, 3.63) is 82.6 Å². The molecule has 1 atom stereocenters. The predicted molar refractivity (Wildman–Crippen MR) is 150 cm³/mol. The fraction of sp³-hybridized carbons (Fsp3) is 0.345. The average molecular weight is 575 g/mol. The Morgan fingerprint density at radius 1 is 1.05 bits per heavy atom. The lowest BCUT2D eigenvalue weighted by molar-refractivity contribution is -0.121. The molecule has 1 unspecified atom stereocenters. The number of rotatable bonds is 10. The molecule has 3 aromatic carbocycles. The van der Waals surface area contributed by atoms with Gasteiger partial charge in [0, 0.05) is 11.6 Å². The van der Waals surface area contributed by atoms with Crippen LogP contribution in [0.3, 0.4) is 0 Å².